The van der Waals surface area contributed by atoms with Crippen LogP contribution in [0.2, 0.25) is 19.1 Å². The molecule has 0 aromatic rings. The molecule has 3 rings (SSSR count). The second-order valence-electron chi connectivity index (χ2n) is 9.82. The van der Waals surface area contributed by atoms with Crippen LogP contribution in [0.3, 0.4) is 0 Å². The molecule has 0 spiro atoms. The fourth-order valence-electron chi connectivity index (χ4n) is 5.10. The summed E-state index contributed by atoms with van der Waals surface area (Å²) < 4.78 is 24.8. The van der Waals surface area contributed by atoms with E-state index >= 15 is 0 Å². The van der Waals surface area contributed by atoms with E-state index in [0.717, 1.165) is 38.3 Å². The maximum absolute atomic E-state index is 11.4. The second kappa shape index (κ2) is 10.0. The normalized spacial score (nSPS) is 33.3. The number of allylic oxidation sites excluding steroid dienone is 1. The minimum absolute atomic E-state index is 0.0140. The Hall–Kier alpha value is -0.733. The molecule has 1 saturated carbocycles. The van der Waals surface area contributed by atoms with Gasteiger partial charge in [0.25, 0.3) is 0 Å². The number of fused-ring (bicyclic) bond motifs is 1. The SMILES string of the molecule is CC(C)C[Si](C)(C)OC[C@@H]1[C@H]2CC=C(C(=O)O)CO[C@H]2C[C@H]1OC1CCCCO1. The Balaban J connectivity index is 1.70. The third kappa shape index (κ3) is 6.37. The summed E-state index contributed by atoms with van der Waals surface area (Å²) in [7, 11) is -1.75. The highest BCUT2D eigenvalue weighted by molar-refractivity contribution is 6.71. The van der Waals surface area contributed by atoms with Gasteiger partial charge in [0.1, 0.15) is 0 Å². The molecule has 1 saturated heterocycles. The predicted octanol–water partition coefficient (Wildman–Crippen LogP) is 4.21. The van der Waals surface area contributed by atoms with Crippen molar-refractivity contribution in [2.45, 2.75) is 83.6 Å². The van der Waals surface area contributed by atoms with Crippen molar-refractivity contribution in [3.63, 3.8) is 0 Å². The van der Waals surface area contributed by atoms with Crippen LogP contribution in [0.15, 0.2) is 11.6 Å². The molecule has 5 atom stereocenters. The van der Waals surface area contributed by atoms with Crippen molar-refractivity contribution >= 4 is 14.3 Å². The number of hydrogen-bond donors (Lipinski definition) is 1. The topological polar surface area (TPSA) is 74.2 Å². The molecule has 0 aromatic heterocycles. The average molecular weight is 427 g/mol. The lowest BCUT2D eigenvalue weighted by Gasteiger charge is -2.33. The highest BCUT2D eigenvalue weighted by Gasteiger charge is 2.47. The summed E-state index contributed by atoms with van der Waals surface area (Å²) in [5, 5.41) is 9.35. The lowest BCUT2D eigenvalue weighted by Crippen LogP contribution is -2.39. The zero-order valence-corrected chi connectivity index (χ0v) is 19.4. The fraction of sp³-hybridized carbons (Fsp3) is 0.864. The lowest BCUT2D eigenvalue weighted by atomic mass is 9.91. The minimum Gasteiger partial charge on any atom is -0.478 e. The van der Waals surface area contributed by atoms with Crippen LogP contribution in [0.25, 0.3) is 0 Å². The van der Waals surface area contributed by atoms with Crippen LogP contribution in [0.5, 0.6) is 0 Å². The minimum atomic E-state index is -1.75. The first-order valence-corrected chi connectivity index (χ1v) is 14.3. The first-order chi connectivity index (χ1) is 13.7. The van der Waals surface area contributed by atoms with Crippen LogP contribution >= 0.6 is 0 Å². The standard InChI is InChI=1S/C22H38O6Si/c1-15(2)14-29(3,4)27-13-18-17-9-8-16(22(23)24)12-26-19(17)11-20(18)28-21-7-5-6-10-25-21/h8,15,17-21H,5-7,9-14H2,1-4H3,(H,23,24)/t17-,18-,19+,20-,21?/m1/s1. The van der Waals surface area contributed by atoms with E-state index in [1.165, 1.54) is 0 Å². The second-order valence-corrected chi connectivity index (χ2v) is 14.0. The molecular weight excluding hydrogens is 388 g/mol. The zero-order valence-electron chi connectivity index (χ0n) is 18.4. The number of carbonyl (C=O) groups is 1. The van der Waals surface area contributed by atoms with E-state index in [2.05, 4.69) is 26.9 Å². The van der Waals surface area contributed by atoms with Gasteiger partial charge in [0.2, 0.25) is 0 Å². The number of ether oxygens (including phenoxy) is 3. The lowest BCUT2D eigenvalue weighted by molar-refractivity contribution is -0.198. The van der Waals surface area contributed by atoms with Gasteiger partial charge in [-0.2, -0.15) is 0 Å². The fourth-order valence-corrected chi connectivity index (χ4v) is 7.82. The molecule has 6 nitrogen and oxygen atoms in total. The molecule has 1 N–H and O–H groups in total. The molecule has 3 aliphatic rings. The highest BCUT2D eigenvalue weighted by atomic mass is 28.4. The molecule has 2 heterocycles. The van der Waals surface area contributed by atoms with Crippen LogP contribution < -0.4 is 0 Å². The highest BCUT2D eigenvalue weighted by Crippen LogP contribution is 2.42. The Labute approximate surface area is 176 Å². The van der Waals surface area contributed by atoms with Crippen molar-refractivity contribution in [1.29, 1.82) is 0 Å². The third-order valence-electron chi connectivity index (χ3n) is 6.36. The van der Waals surface area contributed by atoms with E-state index in [0.29, 0.717) is 24.5 Å². The molecule has 0 bridgehead atoms. The largest absolute Gasteiger partial charge is 0.478 e. The summed E-state index contributed by atoms with van der Waals surface area (Å²) in [5.74, 6) is 0.169. The van der Waals surface area contributed by atoms with Crippen LogP contribution in [0.1, 0.15) is 46.0 Å². The van der Waals surface area contributed by atoms with Crippen molar-refractivity contribution < 1.29 is 28.5 Å². The van der Waals surface area contributed by atoms with E-state index in [-0.39, 0.29) is 36.9 Å². The van der Waals surface area contributed by atoms with Gasteiger partial charge in [-0.3, -0.25) is 0 Å². The van der Waals surface area contributed by atoms with Crippen LogP contribution in [0, 0.1) is 17.8 Å². The molecule has 166 valence electrons. The van der Waals surface area contributed by atoms with E-state index < -0.39 is 14.3 Å². The molecule has 2 aliphatic heterocycles. The molecule has 29 heavy (non-hydrogen) atoms. The summed E-state index contributed by atoms with van der Waals surface area (Å²) in [6.07, 6.45) is 6.43. The van der Waals surface area contributed by atoms with Gasteiger partial charge in [-0.25, -0.2) is 4.79 Å². The number of carboxylic acids is 1. The maximum atomic E-state index is 11.4. The molecule has 0 radical (unpaired) electrons. The van der Waals surface area contributed by atoms with Crippen molar-refractivity contribution in [1.82, 2.24) is 0 Å². The number of rotatable bonds is 8. The smallest absolute Gasteiger partial charge is 0.333 e. The molecule has 0 amide bonds. The van der Waals surface area contributed by atoms with E-state index in [1.807, 2.05) is 6.08 Å². The van der Waals surface area contributed by atoms with Gasteiger partial charge < -0.3 is 23.7 Å². The molecule has 7 heteroatoms. The average Bonchev–Trinajstić information content (AvgIpc) is 2.81. The van der Waals surface area contributed by atoms with Gasteiger partial charge >= 0.3 is 5.97 Å². The van der Waals surface area contributed by atoms with Crippen molar-refractivity contribution in [3.8, 4) is 0 Å². The van der Waals surface area contributed by atoms with Gasteiger partial charge in [-0.1, -0.05) is 19.9 Å². The van der Waals surface area contributed by atoms with Crippen LogP contribution in [0.4, 0.5) is 0 Å². The summed E-state index contributed by atoms with van der Waals surface area (Å²) in [5.41, 5.74) is 0.363. The van der Waals surface area contributed by atoms with Gasteiger partial charge in [-0.15, -0.1) is 0 Å². The predicted molar refractivity (Wildman–Crippen MR) is 113 cm³/mol. The summed E-state index contributed by atoms with van der Waals surface area (Å²) in [4.78, 5) is 11.4. The van der Waals surface area contributed by atoms with Gasteiger partial charge in [0, 0.05) is 25.6 Å². The first kappa shape index (κ1) is 22.9. The molecule has 2 fully saturated rings. The summed E-state index contributed by atoms with van der Waals surface area (Å²) >= 11 is 0. The van der Waals surface area contributed by atoms with E-state index in [1.54, 1.807) is 0 Å². The molecule has 1 unspecified atom stereocenters. The Kier molecular flexibility index (Phi) is 7.95. The molecular formula is C22H38O6Si. The quantitative estimate of drug-likeness (QED) is 0.586. The Bertz CT molecular complexity index is 584. The Morgan fingerprint density at radius 2 is 2.10 bits per heavy atom. The van der Waals surface area contributed by atoms with Crippen LogP contribution in [-0.4, -0.2) is 57.7 Å². The summed E-state index contributed by atoms with van der Waals surface area (Å²) in [6.45, 7) is 10.6. The third-order valence-corrected chi connectivity index (χ3v) is 9.11. The van der Waals surface area contributed by atoms with Gasteiger partial charge in [0.15, 0.2) is 14.6 Å². The van der Waals surface area contributed by atoms with Crippen LogP contribution in [-0.2, 0) is 23.4 Å². The van der Waals surface area contributed by atoms with E-state index in [4.69, 9.17) is 18.6 Å². The van der Waals surface area contributed by atoms with Crippen molar-refractivity contribution in [3.05, 3.63) is 11.6 Å². The molecule has 1 aliphatic carbocycles. The summed E-state index contributed by atoms with van der Waals surface area (Å²) in [6, 6.07) is 1.13. The number of aliphatic carboxylic acids is 1. The van der Waals surface area contributed by atoms with Crippen molar-refractivity contribution in [2.24, 2.45) is 17.8 Å². The number of carboxylic acid groups (broad SMARTS) is 1. The first-order valence-electron chi connectivity index (χ1n) is 11.2. The monoisotopic (exact) mass is 426 g/mol. The maximum Gasteiger partial charge on any atom is 0.333 e. The van der Waals surface area contributed by atoms with Crippen molar-refractivity contribution in [2.75, 3.05) is 19.8 Å². The van der Waals surface area contributed by atoms with Gasteiger partial charge in [-0.05, 0) is 56.7 Å². The number of hydrogen-bond acceptors (Lipinski definition) is 5. The van der Waals surface area contributed by atoms with Gasteiger partial charge in [0.05, 0.1) is 24.4 Å². The zero-order chi connectivity index (χ0) is 21.0. The Morgan fingerprint density at radius 3 is 2.76 bits per heavy atom. The van der Waals surface area contributed by atoms with E-state index in [9.17, 15) is 9.90 Å². The Morgan fingerprint density at radius 1 is 1.31 bits per heavy atom. The molecule has 0 aromatic carbocycles.